The van der Waals surface area contributed by atoms with Crippen LogP contribution in [0.1, 0.15) is 10.5 Å². The lowest BCUT2D eigenvalue weighted by atomic mass is 10.2. The Bertz CT molecular complexity index is 798. The van der Waals surface area contributed by atoms with Crippen LogP contribution in [0.3, 0.4) is 0 Å². The Morgan fingerprint density at radius 1 is 1.43 bits per heavy atom. The number of halogens is 1. The van der Waals surface area contributed by atoms with E-state index in [-0.39, 0.29) is 5.91 Å². The minimum atomic E-state index is -0.354. The lowest BCUT2D eigenvalue weighted by molar-refractivity contribution is 0.102. The largest absolute Gasteiger partial charge is 0.335 e. The summed E-state index contributed by atoms with van der Waals surface area (Å²) in [5.41, 5.74) is 7.46. The van der Waals surface area contributed by atoms with E-state index in [1.807, 2.05) is 0 Å². The molecule has 3 rings (SSSR count). The van der Waals surface area contributed by atoms with Crippen LogP contribution in [0, 0.1) is 0 Å². The molecule has 0 bridgehead atoms. The summed E-state index contributed by atoms with van der Waals surface area (Å²) in [6.45, 7) is 1.08. The van der Waals surface area contributed by atoms with Crippen LogP contribution in [0.2, 0.25) is 5.02 Å². The van der Waals surface area contributed by atoms with Crippen LogP contribution in [-0.4, -0.2) is 30.8 Å². The maximum atomic E-state index is 12.2. The number of nitrogens with one attached hydrogen (secondary N) is 1. The number of nitrogens with zero attached hydrogens (tertiary/aromatic N) is 4. The Balaban J connectivity index is 1.88. The molecule has 0 atom stereocenters. The van der Waals surface area contributed by atoms with E-state index < -0.39 is 0 Å². The van der Waals surface area contributed by atoms with Crippen molar-refractivity contribution in [3.63, 3.8) is 0 Å². The van der Waals surface area contributed by atoms with Gasteiger partial charge in [-0.05, 0) is 12.1 Å². The van der Waals surface area contributed by atoms with Gasteiger partial charge in [-0.3, -0.25) is 4.79 Å². The molecule has 0 aliphatic carbocycles. The highest BCUT2D eigenvalue weighted by atomic mass is 35.5. The highest BCUT2D eigenvalue weighted by Crippen LogP contribution is 2.30. The number of aromatic nitrogens is 4. The zero-order valence-corrected chi connectivity index (χ0v) is 12.4. The maximum Gasteiger partial charge on any atom is 0.275 e. The number of hydrogen-bond donors (Lipinski definition) is 2. The highest BCUT2D eigenvalue weighted by Gasteiger charge is 2.15. The molecular weight excluding hydrogens is 312 g/mol. The molecule has 0 radical (unpaired) electrons. The lowest BCUT2D eigenvalue weighted by Gasteiger charge is -2.05. The minimum Gasteiger partial charge on any atom is -0.335 e. The number of rotatable bonds is 4. The van der Waals surface area contributed by atoms with Gasteiger partial charge in [0, 0.05) is 19.3 Å². The second kappa shape index (κ2) is 5.76. The van der Waals surface area contributed by atoms with Crippen molar-refractivity contribution in [3.8, 4) is 0 Å². The van der Waals surface area contributed by atoms with E-state index in [0.717, 1.165) is 11.7 Å². The van der Waals surface area contributed by atoms with E-state index in [0.29, 0.717) is 40.5 Å². The van der Waals surface area contributed by atoms with Gasteiger partial charge in [-0.1, -0.05) is 11.6 Å². The molecule has 2 heterocycles. The van der Waals surface area contributed by atoms with Crippen LogP contribution >= 0.6 is 23.3 Å². The molecule has 0 aliphatic heterocycles. The first kappa shape index (κ1) is 13.9. The van der Waals surface area contributed by atoms with E-state index in [1.165, 1.54) is 0 Å². The number of fused-ring (bicyclic) bond motifs is 1. The summed E-state index contributed by atoms with van der Waals surface area (Å²) < 4.78 is 10.0. The standard InChI is InChI=1S/C12H11ClN6OS/c13-7-1-2-8-11(18-21-17-8)10(7)16-12(20)9-5-19(4-3-14)6-15-9/h1-2,5-6H,3-4,14H2,(H,16,20). The van der Waals surface area contributed by atoms with Gasteiger partial charge in [-0.15, -0.1) is 0 Å². The number of amides is 1. The normalized spacial score (nSPS) is 11.0. The second-order valence-corrected chi connectivity index (χ2v) is 5.23. The van der Waals surface area contributed by atoms with Crippen LogP contribution in [0.15, 0.2) is 24.7 Å². The summed E-state index contributed by atoms with van der Waals surface area (Å²) in [6, 6.07) is 3.43. The van der Waals surface area contributed by atoms with Gasteiger partial charge >= 0.3 is 0 Å². The summed E-state index contributed by atoms with van der Waals surface area (Å²) in [7, 11) is 0. The molecule has 9 heteroatoms. The van der Waals surface area contributed by atoms with Gasteiger partial charge in [0.05, 0.1) is 28.8 Å². The van der Waals surface area contributed by atoms with Gasteiger partial charge in [-0.25, -0.2) is 4.98 Å². The van der Waals surface area contributed by atoms with Crippen molar-refractivity contribution < 1.29 is 4.79 Å². The molecule has 0 fully saturated rings. The van der Waals surface area contributed by atoms with Gasteiger partial charge in [-0.2, -0.15) is 8.75 Å². The Morgan fingerprint density at radius 2 is 2.29 bits per heavy atom. The fourth-order valence-electron chi connectivity index (χ4n) is 1.87. The first-order valence-corrected chi connectivity index (χ1v) is 7.24. The molecule has 0 saturated heterocycles. The third kappa shape index (κ3) is 2.73. The van der Waals surface area contributed by atoms with E-state index in [2.05, 4.69) is 19.0 Å². The van der Waals surface area contributed by atoms with Gasteiger partial charge < -0.3 is 15.6 Å². The lowest BCUT2D eigenvalue weighted by Crippen LogP contribution is -2.13. The van der Waals surface area contributed by atoms with Crippen molar-refractivity contribution in [2.24, 2.45) is 5.73 Å². The first-order chi connectivity index (χ1) is 10.2. The SMILES string of the molecule is NCCn1cnc(C(=O)Nc2c(Cl)ccc3nsnc23)c1. The van der Waals surface area contributed by atoms with Crippen LogP contribution in [0.5, 0.6) is 0 Å². The second-order valence-electron chi connectivity index (χ2n) is 4.29. The molecule has 1 aromatic carbocycles. The van der Waals surface area contributed by atoms with Crippen LogP contribution < -0.4 is 11.1 Å². The Labute approximate surface area is 129 Å². The van der Waals surface area contributed by atoms with E-state index in [1.54, 1.807) is 29.2 Å². The van der Waals surface area contributed by atoms with Crippen molar-refractivity contribution in [2.45, 2.75) is 6.54 Å². The summed E-state index contributed by atoms with van der Waals surface area (Å²) in [5, 5.41) is 3.14. The van der Waals surface area contributed by atoms with Crippen LogP contribution in [0.4, 0.5) is 5.69 Å². The van der Waals surface area contributed by atoms with Crippen molar-refractivity contribution in [1.82, 2.24) is 18.3 Å². The minimum absolute atomic E-state index is 0.291. The smallest absolute Gasteiger partial charge is 0.275 e. The number of nitrogens with two attached hydrogens (primary N) is 1. The Kier molecular flexibility index (Phi) is 3.82. The molecule has 0 saturated carbocycles. The molecule has 2 aromatic heterocycles. The number of carbonyl (C=O) groups is 1. The average molecular weight is 323 g/mol. The number of carbonyl (C=O) groups excluding carboxylic acids is 1. The molecule has 108 valence electrons. The Hall–Kier alpha value is -2.03. The zero-order valence-electron chi connectivity index (χ0n) is 10.8. The molecule has 0 spiro atoms. The van der Waals surface area contributed by atoms with Crippen LogP contribution in [-0.2, 0) is 6.54 Å². The Morgan fingerprint density at radius 3 is 3.10 bits per heavy atom. The summed E-state index contributed by atoms with van der Waals surface area (Å²) in [6.07, 6.45) is 3.20. The average Bonchev–Trinajstić information content (AvgIpc) is 3.11. The molecule has 0 aliphatic rings. The molecule has 3 N–H and O–H groups in total. The monoisotopic (exact) mass is 322 g/mol. The van der Waals surface area contributed by atoms with E-state index >= 15 is 0 Å². The van der Waals surface area contributed by atoms with Crippen molar-refractivity contribution >= 4 is 46.0 Å². The van der Waals surface area contributed by atoms with Gasteiger partial charge in [0.15, 0.2) is 0 Å². The van der Waals surface area contributed by atoms with E-state index in [9.17, 15) is 4.79 Å². The molecule has 3 aromatic rings. The fraction of sp³-hybridized carbons (Fsp3) is 0.167. The van der Waals surface area contributed by atoms with Crippen LogP contribution in [0.25, 0.3) is 11.0 Å². The first-order valence-electron chi connectivity index (χ1n) is 6.13. The molecular formula is C12H11ClN6OS. The maximum absolute atomic E-state index is 12.2. The summed E-state index contributed by atoms with van der Waals surface area (Å²) >= 11 is 7.19. The third-order valence-electron chi connectivity index (χ3n) is 2.87. The summed E-state index contributed by atoms with van der Waals surface area (Å²) in [5.74, 6) is -0.354. The fourth-order valence-corrected chi connectivity index (χ4v) is 2.61. The van der Waals surface area contributed by atoms with Crippen molar-refractivity contribution in [1.29, 1.82) is 0 Å². The number of imidazole rings is 1. The number of benzene rings is 1. The van der Waals surface area contributed by atoms with Crippen molar-refractivity contribution in [2.75, 3.05) is 11.9 Å². The highest BCUT2D eigenvalue weighted by molar-refractivity contribution is 7.00. The predicted molar refractivity (Wildman–Crippen MR) is 81.7 cm³/mol. The van der Waals surface area contributed by atoms with Crippen molar-refractivity contribution in [3.05, 3.63) is 35.4 Å². The number of anilines is 1. The van der Waals surface area contributed by atoms with Gasteiger partial charge in [0.25, 0.3) is 5.91 Å². The predicted octanol–water partition coefficient (Wildman–Crippen LogP) is 1.75. The third-order valence-corrected chi connectivity index (χ3v) is 3.73. The van der Waals surface area contributed by atoms with Gasteiger partial charge in [0.2, 0.25) is 0 Å². The number of hydrogen-bond acceptors (Lipinski definition) is 6. The molecule has 1 amide bonds. The molecule has 21 heavy (non-hydrogen) atoms. The van der Waals surface area contributed by atoms with E-state index in [4.69, 9.17) is 17.3 Å². The quantitative estimate of drug-likeness (QED) is 0.762. The zero-order chi connectivity index (χ0) is 14.8. The topological polar surface area (TPSA) is 98.7 Å². The summed E-state index contributed by atoms with van der Waals surface area (Å²) in [4.78, 5) is 16.3. The molecule has 0 unspecified atom stereocenters. The molecule has 7 nitrogen and oxygen atoms in total. The van der Waals surface area contributed by atoms with Gasteiger partial charge in [0.1, 0.15) is 16.7 Å².